The van der Waals surface area contributed by atoms with E-state index in [1.165, 1.54) is 4.90 Å². The quantitative estimate of drug-likeness (QED) is 0.257. The standard InChI is InChI=1S/C27H30N2O6/c1-4-16-35-19-13-11-18(12-14-19)23(30)22-24(31)25(32)29(15-8-17-34-3)27(22)20-9-6-7-10-21(20)28(5-2)26(27)33/h6-7,9-14,30H,4-5,8,15-17H2,1-3H3/t27-/m1/s1. The predicted molar refractivity (Wildman–Crippen MR) is 131 cm³/mol. The summed E-state index contributed by atoms with van der Waals surface area (Å²) >= 11 is 0. The number of para-hydroxylation sites is 1. The van der Waals surface area contributed by atoms with Gasteiger partial charge in [0.25, 0.3) is 17.6 Å². The molecular formula is C27H30N2O6. The first-order valence-corrected chi connectivity index (χ1v) is 11.9. The van der Waals surface area contributed by atoms with E-state index in [1.54, 1.807) is 60.5 Å². The molecule has 0 unspecified atom stereocenters. The number of carbonyl (C=O) groups excluding carboxylic acids is 3. The van der Waals surface area contributed by atoms with Gasteiger partial charge in [-0.05, 0) is 50.1 Å². The van der Waals surface area contributed by atoms with Crippen LogP contribution in [0.3, 0.4) is 0 Å². The summed E-state index contributed by atoms with van der Waals surface area (Å²) in [5, 5.41) is 11.4. The van der Waals surface area contributed by atoms with Crippen molar-refractivity contribution in [2.24, 2.45) is 0 Å². The minimum Gasteiger partial charge on any atom is -0.507 e. The number of aliphatic hydroxyl groups is 1. The van der Waals surface area contributed by atoms with Crippen LogP contribution in [0.15, 0.2) is 54.1 Å². The van der Waals surface area contributed by atoms with Crippen molar-refractivity contribution in [3.05, 3.63) is 65.2 Å². The molecule has 0 bridgehead atoms. The molecule has 0 radical (unpaired) electrons. The molecular weight excluding hydrogens is 448 g/mol. The Morgan fingerprint density at radius 2 is 1.71 bits per heavy atom. The number of fused-ring (bicyclic) bond motifs is 2. The molecule has 2 aromatic carbocycles. The van der Waals surface area contributed by atoms with E-state index >= 15 is 0 Å². The van der Waals surface area contributed by atoms with Gasteiger partial charge in [0, 0.05) is 37.9 Å². The van der Waals surface area contributed by atoms with E-state index in [0.717, 1.165) is 6.42 Å². The van der Waals surface area contributed by atoms with Crippen LogP contribution in [0.4, 0.5) is 5.69 Å². The average Bonchev–Trinajstić information content (AvgIpc) is 3.25. The molecule has 0 aromatic heterocycles. The smallest absolute Gasteiger partial charge is 0.296 e. The highest BCUT2D eigenvalue weighted by atomic mass is 16.5. The molecule has 1 saturated heterocycles. The van der Waals surface area contributed by atoms with Gasteiger partial charge in [-0.2, -0.15) is 0 Å². The Balaban J connectivity index is 1.93. The molecule has 1 N–H and O–H groups in total. The number of aliphatic hydroxyl groups excluding tert-OH is 1. The fourth-order valence-electron chi connectivity index (χ4n) is 4.92. The van der Waals surface area contributed by atoms with Crippen molar-refractivity contribution in [1.82, 2.24) is 4.90 Å². The van der Waals surface area contributed by atoms with Crippen molar-refractivity contribution < 1.29 is 29.0 Å². The largest absolute Gasteiger partial charge is 0.507 e. The van der Waals surface area contributed by atoms with E-state index in [9.17, 15) is 19.5 Å². The maximum absolute atomic E-state index is 14.1. The third kappa shape index (κ3) is 3.78. The molecule has 4 rings (SSSR count). The summed E-state index contributed by atoms with van der Waals surface area (Å²) in [6.07, 6.45) is 1.28. The van der Waals surface area contributed by atoms with Gasteiger partial charge < -0.3 is 24.4 Å². The Morgan fingerprint density at radius 1 is 1.00 bits per heavy atom. The number of hydrogen-bond acceptors (Lipinski definition) is 6. The number of carbonyl (C=O) groups is 3. The van der Waals surface area contributed by atoms with E-state index < -0.39 is 23.1 Å². The number of benzene rings is 2. The first-order chi connectivity index (χ1) is 16.9. The van der Waals surface area contributed by atoms with Crippen LogP contribution in [0.2, 0.25) is 0 Å². The summed E-state index contributed by atoms with van der Waals surface area (Å²) in [5.74, 6) is -1.89. The number of Topliss-reactive ketones (excluding diaryl/α,β-unsaturated/α-hetero) is 1. The maximum atomic E-state index is 14.1. The fourth-order valence-corrected chi connectivity index (χ4v) is 4.92. The summed E-state index contributed by atoms with van der Waals surface area (Å²) < 4.78 is 10.8. The molecule has 2 aromatic rings. The summed E-state index contributed by atoms with van der Waals surface area (Å²) in [6, 6.07) is 13.7. The second-order valence-corrected chi connectivity index (χ2v) is 8.51. The van der Waals surface area contributed by atoms with Crippen molar-refractivity contribution in [1.29, 1.82) is 0 Å². The van der Waals surface area contributed by atoms with Crippen LogP contribution in [0.25, 0.3) is 5.76 Å². The van der Waals surface area contributed by atoms with E-state index in [1.807, 2.05) is 13.8 Å². The van der Waals surface area contributed by atoms with E-state index in [4.69, 9.17) is 9.47 Å². The van der Waals surface area contributed by atoms with Crippen LogP contribution < -0.4 is 9.64 Å². The molecule has 8 heteroatoms. The van der Waals surface area contributed by atoms with Crippen LogP contribution in [-0.2, 0) is 24.7 Å². The summed E-state index contributed by atoms with van der Waals surface area (Å²) in [7, 11) is 1.55. The Bertz CT molecular complexity index is 1170. The lowest BCUT2D eigenvalue weighted by Gasteiger charge is -2.34. The molecule has 2 heterocycles. The number of hydrogen-bond donors (Lipinski definition) is 1. The van der Waals surface area contributed by atoms with Gasteiger partial charge in [0.15, 0.2) is 5.54 Å². The Kier molecular flexibility index (Phi) is 6.93. The van der Waals surface area contributed by atoms with Crippen molar-refractivity contribution in [2.75, 3.05) is 38.3 Å². The number of ether oxygens (including phenoxy) is 2. The third-order valence-electron chi connectivity index (χ3n) is 6.46. The molecule has 8 nitrogen and oxygen atoms in total. The third-order valence-corrected chi connectivity index (χ3v) is 6.46. The van der Waals surface area contributed by atoms with E-state index in [2.05, 4.69) is 0 Å². The zero-order valence-electron chi connectivity index (χ0n) is 20.2. The highest BCUT2D eigenvalue weighted by Crippen LogP contribution is 2.53. The molecule has 0 aliphatic carbocycles. The second-order valence-electron chi connectivity index (χ2n) is 8.51. The average molecular weight is 479 g/mol. The van der Waals surface area contributed by atoms with Crippen LogP contribution in [0.5, 0.6) is 5.75 Å². The lowest BCUT2D eigenvalue weighted by molar-refractivity contribution is -0.143. The molecule has 2 amide bonds. The minimum atomic E-state index is -1.74. The molecule has 35 heavy (non-hydrogen) atoms. The normalized spacial score (nSPS) is 20.7. The number of methoxy groups -OCH3 is 1. The number of nitrogens with zero attached hydrogens (tertiary/aromatic N) is 2. The van der Waals surface area contributed by atoms with E-state index in [0.29, 0.717) is 48.7 Å². The number of amides is 2. The summed E-state index contributed by atoms with van der Waals surface area (Å²) in [4.78, 5) is 43.7. The predicted octanol–water partition coefficient (Wildman–Crippen LogP) is 3.45. The summed E-state index contributed by atoms with van der Waals surface area (Å²) in [5.41, 5.74) is -0.504. The van der Waals surface area contributed by atoms with Crippen molar-refractivity contribution in [3.63, 3.8) is 0 Å². The van der Waals surface area contributed by atoms with Gasteiger partial charge in [-0.15, -0.1) is 0 Å². The first kappa shape index (κ1) is 24.5. The van der Waals surface area contributed by atoms with Gasteiger partial charge >= 0.3 is 0 Å². The topological polar surface area (TPSA) is 96.4 Å². The van der Waals surface area contributed by atoms with Gasteiger partial charge in [-0.25, -0.2) is 0 Å². The SMILES string of the molecule is CCCOc1ccc(C(O)=C2C(=O)C(=O)N(CCCOC)[C@@]23C(=O)N(CC)c2ccccc23)cc1. The molecule has 2 aliphatic heterocycles. The van der Waals surface area contributed by atoms with Gasteiger partial charge in [-0.1, -0.05) is 25.1 Å². The summed E-state index contributed by atoms with van der Waals surface area (Å²) in [6.45, 7) is 5.21. The highest BCUT2D eigenvalue weighted by molar-refractivity contribution is 6.50. The molecule has 2 aliphatic rings. The van der Waals surface area contributed by atoms with Gasteiger partial charge in [-0.3, -0.25) is 14.4 Å². The molecule has 1 atom stereocenters. The number of anilines is 1. The number of rotatable bonds is 9. The van der Waals surface area contributed by atoms with Crippen molar-refractivity contribution >= 4 is 29.0 Å². The monoisotopic (exact) mass is 478 g/mol. The van der Waals surface area contributed by atoms with Crippen LogP contribution in [0, 0.1) is 0 Å². The number of likely N-dealkylation sites (tertiary alicyclic amines) is 1. The fraction of sp³-hybridized carbons (Fsp3) is 0.370. The van der Waals surface area contributed by atoms with Gasteiger partial charge in [0.2, 0.25) is 0 Å². The molecule has 184 valence electrons. The van der Waals surface area contributed by atoms with Crippen LogP contribution in [-0.4, -0.2) is 61.0 Å². The van der Waals surface area contributed by atoms with Crippen molar-refractivity contribution in [3.8, 4) is 5.75 Å². The zero-order chi connectivity index (χ0) is 25.2. The maximum Gasteiger partial charge on any atom is 0.296 e. The Labute approximate surface area is 204 Å². The first-order valence-electron chi connectivity index (χ1n) is 11.9. The van der Waals surface area contributed by atoms with Gasteiger partial charge in [0.05, 0.1) is 17.9 Å². The molecule has 1 fully saturated rings. The van der Waals surface area contributed by atoms with Crippen molar-refractivity contribution in [2.45, 2.75) is 32.2 Å². The lowest BCUT2D eigenvalue weighted by Crippen LogP contribution is -2.52. The molecule has 0 saturated carbocycles. The molecule has 1 spiro atoms. The second kappa shape index (κ2) is 9.92. The van der Waals surface area contributed by atoms with Gasteiger partial charge in [0.1, 0.15) is 11.5 Å². The number of ketones is 1. The Hall–Kier alpha value is -3.65. The lowest BCUT2D eigenvalue weighted by atomic mass is 9.82. The zero-order valence-corrected chi connectivity index (χ0v) is 20.2. The van der Waals surface area contributed by atoms with Crippen LogP contribution in [0.1, 0.15) is 37.8 Å². The Morgan fingerprint density at radius 3 is 2.37 bits per heavy atom. The highest BCUT2D eigenvalue weighted by Gasteiger charge is 2.66. The van der Waals surface area contributed by atoms with E-state index in [-0.39, 0.29) is 17.9 Å². The van der Waals surface area contributed by atoms with Crippen LogP contribution >= 0.6 is 0 Å². The number of likely N-dealkylation sites (N-methyl/N-ethyl adjacent to an activating group) is 1. The minimum absolute atomic E-state index is 0.122.